The van der Waals surface area contributed by atoms with Crippen LogP contribution in [0.3, 0.4) is 0 Å². The molecule has 0 fully saturated rings. The summed E-state index contributed by atoms with van der Waals surface area (Å²) < 4.78 is 5.80. The highest BCUT2D eigenvalue weighted by molar-refractivity contribution is 7.16. The van der Waals surface area contributed by atoms with E-state index in [-0.39, 0.29) is 16.5 Å². The van der Waals surface area contributed by atoms with Crippen molar-refractivity contribution in [2.45, 2.75) is 0 Å². The minimum atomic E-state index is -0.317. The number of hydrogen-bond acceptors (Lipinski definition) is 4. The Morgan fingerprint density at radius 3 is 3.00 bits per heavy atom. The maximum atomic E-state index is 11.7. The summed E-state index contributed by atoms with van der Waals surface area (Å²) in [6, 6.07) is 8.47. The number of carbonyl (C=O) groups excluding carboxylic acids is 1. The Hall–Kier alpha value is -2.34. The predicted octanol–water partition coefficient (Wildman–Crippen LogP) is 2.43. The van der Waals surface area contributed by atoms with Crippen LogP contribution in [0.4, 0.5) is 5.69 Å². The number of H-pyrrole nitrogens is 1. The highest BCUT2D eigenvalue weighted by atomic mass is 32.1. The van der Waals surface area contributed by atoms with Crippen LogP contribution in [0.5, 0.6) is 0 Å². The number of amides is 1. The second-order valence-electron chi connectivity index (χ2n) is 3.66. The maximum Gasteiger partial charge on any atom is 0.305 e. The van der Waals surface area contributed by atoms with Crippen molar-refractivity contribution in [1.29, 1.82) is 0 Å². The second-order valence-corrected chi connectivity index (χ2v) is 4.67. The van der Waals surface area contributed by atoms with Gasteiger partial charge in [0.05, 0.1) is 16.5 Å². The van der Waals surface area contributed by atoms with Gasteiger partial charge < -0.3 is 14.7 Å². The first-order valence-electron chi connectivity index (χ1n) is 5.20. The molecule has 0 saturated carbocycles. The largest absolute Gasteiger partial charge is 0.459 e. The van der Waals surface area contributed by atoms with Crippen LogP contribution in [-0.2, 0) is 0 Å². The molecule has 2 aromatic heterocycles. The number of fused-ring (bicyclic) bond motifs is 1. The minimum absolute atomic E-state index is 0.112. The number of thiazole rings is 1. The van der Waals surface area contributed by atoms with Crippen molar-refractivity contribution >= 4 is 33.1 Å². The topological polar surface area (TPSA) is 75.1 Å². The molecule has 1 amide bonds. The van der Waals surface area contributed by atoms with Gasteiger partial charge in [-0.05, 0) is 30.3 Å². The summed E-state index contributed by atoms with van der Waals surface area (Å²) in [5.74, 6) is -0.0698. The molecule has 2 heterocycles. The zero-order chi connectivity index (χ0) is 12.5. The van der Waals surface area contributed by atoms with Crippen LogP contribution in [0.15, 0.2) is 45.8 Å². The third-order valence-electron chi connectivity index (χ3n) is 2.42. The van der Waals surface area contributed by atoms with Gasteiger partial charge in [-0.15, -0.1) is 0 Å². The molecule has 1 aromatic carbocycles. The molecule has 0 aliphatic carbocycles. The van der Waals surface area contributed by atoms with Crippen LogP contribution in [-0.4, -0.2) is 10.9 Å². The zero-order valence-electron chi connectivity index (χ0n) is 9.10. The Labute approximate surface area is 105 Å². The summed E-state index contributed by atoms with van der Waals surface area (Å²) in [5, 5.41) is 2.70. The number of aromatic nitrogens is 1. The third kappa shape index (κ3) is 1.93. The van der Waals surface area contributed by atoms with Gasteiger partial charge in [-0.3, -0.25) is 9.59 Å². The van der Waals surface area contributed by atoms with Crippen molar-refractivity contribution < 1.29 is 9.21 Å². The van der Waals surface area contributed by atoms with Gasteiger partial charge in [-0.2, -0.15) is 0 Å². The molecule has 6 heteroatoms. The fourth-order valence-corrected chi connectivity index (χ4v) is 2.40. The quantitative estimate of drug-likeness (QED) is 0.743. The standard InChI is InChI=1S/C12H8N2O3S/c15-11(9-2-1-5-17-9)13-7-3-4-8-10(6-7)18-12(16)14-8/h1-6H,(H,13,15)(H,14,16). The number of hydrogen-bond donors (Lipinski definition) is 2. The number of furan rings is 1. The van der Waals surface area contributed by atoms with Crippen LogP contribution in [0.1, 0.15) is 10.6 Å². The minimum Gasteiger partial charge on any atom is -0.459 e. The van der Waals surface area contributed by atoms with Crippen LogP contribution in [0.25, 0.3) is 10.2 Å². The lowest BCUT2D eigenvalue weighted by Crippen LogP contribution is -2.10. The van der Waals surface area contributed by atoms with Crippen LogP contribution in [0, 0.1) is 0 Å². The summed E-state index contributed by atoms with van der Waals surface area (Å²) >= 11 is 1.11. The van der Waals surface area contributed by atoms with Crippen LogP contribution >= 0.6 is 11.3 Å². The Balaban J connectivity index is 1.91. The van der Waals surface area contributed by atoms with Crippen molar-refractivity contribution in [3.8, 4) is 0 Å². The molecule has 2 N–H and O–H groups in total. The first kappa shape index (κ1) is 10.8. The van der Waals surface area contributed by atoms with Crippen molar-refractivity contribution in [1.82, 2.24) is 4.98 Å². The molecular weight excluding hydrogens is 252 g/mol. The molecule has 3 rings (SSSR count). The normalized spacial score (nSPS) is 10.7. The number of aromatic amines is 1. The number of rotatable bonds is 2. The van der Waals surface area contributed by atoms with Gasteiger partial charge in [-0.1, -0.05) is 11.3 Å². The van der Waals surface area contributed by atoms with E-state index >= 15 is 0 Å². The highest BCUT2D eigenvalue weighted by Gasteiger charge is 2.09. The molecular formula is C12H8N2O3S. The summed E-state index contributed by atoms with van der Waals surface area (Å²) in [4.78, 5) is 25.5. The van der Waals surface area contributed by atoms with Crippen LogP contribution in [0.2, 0.25) is 0 Å². The van der Waals surface area contributed by atoms with E-state index in [1.165, 1.54) is 6.26 Å². The number of benzene rings is 1. The Morgan fingerprint density at radius 1 is 1.33 bits per heavy atom. The number of anilines is 1. The maximum absolute atomic E-state index is 11.7. The van der Waals surface area contributed by atoms with Gasteiger partial charge in [0.15, 0.2) is 5.76 Å². The first-order valence-corrected chi connectivity index (χ1v) is 6.02. The predicted molar refractivity (Wildman–Crippen MR) is 69.1 cm³/mol. The lowest BCUT2D eigenvalue weighted by atomic mass is 10.3. The molecule has 0 saturated heterocycles. The average molecular weight is 260 g/mol. The Morgan fingerprint density at radius 2 is 2.22 bits per heavy atom. The second kappa shape index (κ2) is 4.15. The lowest BCUT2D eigenvalue weighted by Gasteiger charge is -2.02. The fraction of sp³-hybridized carbons (Fsp3) is 0. The van der Waals surface area contributed by atoms with Gasteiger partial charge in [0.2, 0.25) is 0 Å². The molecule has 0 aliphatic rings. The number of nitrogens with one attached hydrogen (secondary N) is 2. The van der Waals surface area contributed by atoms with E-state index in [1.54, 1.807) is 30.3 Å². The van der Waals surface area contributed by atoms with E-state index in [9.17, 15) is 9.59 Å². The SMILES string of the molecule is O=C(Nc1ccc2[nH]c(=O)sc2c1)c1ccco1. The molecule has 3 aromatic rings. The van der Waals surface area contributed by atoms with Gasteiger partial charge in [0, 0.05) is 5.69 Å². The van der Waals surface area contributed by atoms with Crippen molar-refractivity contribution in [2.24, 2.45) is 0 Å². The summed E-state index contributed by atoms with van der Waals surface area (Å²) in [7, 11) is 0. The van der Waals surface area contributed by atoms with Crippen molar-refractivity contribution in [3.05, 3.63) is 52.0 Å². The van der Waals surface area contributed by atoms with Gasteiger partial charge in [0.1, 0.15) is 0 Å². The Bertz CT molecular complexity index is 755. The van der Waals surface area contributed by atoms with E-state index in [0.717, 1.165) is 21.6 Å². The van der Waals surface area contributed by atoms with Crippen LogP contribution < -0.4 is 10.2 Å². The molecule has 0 bridgehead atoms. The van der Waals surface area contributed by atoms with E-state index in [1.807, 2.05) is 0 Å². The molecule has 90 valence electrons. The lowest BCUT2D eigenvalue weighted by molar-refractivity contribution is 0.0996. The van der Waals surface area contributed by atoms with E-state index in [2.05, 4.69) is 10.3 Å². The first-order chi connectivity index (χ1) is 8.72. The third-order valence-corrected chi connectivity index (χ3v) is 3.27. The van der Waals surface area contributed by atoms with E-state index < -0.39 is 0 Å². The summed E-state index contributed by atoms with van der Waals surface area (Å²) in [6.45, 7) is 0. The number of carbonyl (C=O) groups is 1. The zero-order valence-corrected chi connectivity index (χ0v) is 9.91. The molecule has 0 atom stereocenters. The monoisotopic (exact) mass is 260 g/mol. The molecule has 0 spiro atoms. The summed E-state index contributed by atoms with van der Waals surface area (Å²) in [6.07, 6.45) is 1.44. The van der Waals surface area contributed by atoms with Gasteiger partial charge >= 0.3 is 4.87 Å². The molecule has 0 unspecified atom stereocenters. The summed E-state index contributed by atoms with van der Waals surface area (Å²) in [5.41, 5.74) is 1.39. The van der Waals surface area contributed by atoms with Crippen molar-refractivity contribution in [2.75, 3.05) is 5.32 Å². The fourth-order valence-electron chi connectivity index (χ4n) is 1.62. The van der Waals surface area contributed by atoms with E-state index in [0.29, 0.717) is 5.69 Å². The molecule has 0 aliphatic heterocycles. The molecule has 5 nitrogen and oxygen atoms in total. The molecule has 0 radical (unpaired) electrons. The Kier molecular flexibility index (Phi) is 2.49. The molecule has 18 heavy (non-hydrogen) atoms. The van der Waals surface area contributed by atoms with Gasteiger partial charge in [0.25, 0.3) is 5.91 Å². The van der Waals surface area contributed by atoms with E-state index in [4.69, 9.17) is 4.42 Å². The average Bonchev–Trinajstić information content (AvgIpc) is 2.95. The highest BCUT2D eigenvalue weighted by Crippen LogP contribution is 2.20. The smallest absolute Gasteiger partial charge is 0.305 e. The van der Waals surface area contributed by atoms with Gasteiger partial charge in [-0.25, -0.2) is 0 Å². The van der Waals surface area contributed by atoms with Crippen molar-refractivity contribution in [3.63, 3.8) is 0 Å².